The number of nitrogens with one attached hydrogen (secondary N) is 2. The number of benzene rings is 2. The minimum absolute atomic E-state index is 0.133. The van der Waals surface area contributed by atoms with E-state index in [4.69, 9.17) is 0 Å². The van der Waals surface area contributed by atoms with Crippen molar-refractivity contribution in [2.75, 3.05) is 5.32 Å². The Morgan fingerprint density at radius 1 is 1.05 bits per heavy atom. The zero-order chi connectivity index (χ0) is 15.9. The van der Waals surface area contributed by atoms with Gasteiger partial charge in [0, 0.05) is 22.7 Å². The van der Waals surface area contributed by atoms with Gasteiger partial charge in [-0.3, -0.25) is 4.79 Å². The lowest BCUT2D eigenvalue weighted by atomic mass is 10.1. The molecule has 3 rings (SSSR count). The van der Waals surface area contributed by atoms with Gasteiger partial charge in [0.1, 0.15) is 11.5 Å². The second kappa shape index (κ2) is 5.22. The molecule has 0 aliphatic rings. The zero-order valence-corrected chi connectivity index (χ0v) is 11.5. The van der Waals surface area contributed by atoms with Gasteiger partial charge >= 0.3 is 0 Å². The Balaban J connectivity index is 1.95. The van der Waals surface area contributed by atoms with Gasteiger partial charge in [0.05, 0.1) is 0 Å². The lowest BCUT2D eigenvalue weighted by molar-refractivity contribution is 0.102. The van der Waals surface area contributed by atoms with Gasteiger partial charge in [0.25, 0.3) is 5.91 Å². The molecule has 0 bridgehead atoms. The van der Waals surface area contributed by atoms with Crippen LogP contribution in [0.2, 0.25) is 0 Å². The number of hydrogen-bond acceptors (Lipinski definition) is 1. The lowest BCUT2D eigenvalue weighted by Gasteiger charge is -2.05. The second-order valence-corrected chi connectivity index (χ2v) is 4.90. The second-order valence-electron chi connectivity index (χ2n) is 4.90. The first kappa shape index (κ1) is 14.2. The molecule has 2 N–H and O–H groups in total. The van der Waals surface area contributed by atoms with Crippen LogP contribution in [0.3, 0.4) is 0 Å². The number of halogens is 3. The number of aryl methyl sites for hydroxylation is 1. The van der Waals surface area contributed by atoms with Gasteiger partial charge in [-0.15, -0.1) is 0 Å². The molecule has 0 aliphatic heterocycles. The maximum absolute atomic E-state index is 13.3. The number of fused-ring (bicyclic) bond motifs is 1. The van der Waals surface area contributed by atoms with Gasteiger partial charge < -0.3 is 10.3 Å². The average molecular weight is 304 g/mol. The Labute approximate surface area is 123 Å². The highest BCUT2D eigenvalue weighted by atomic mass is 19.2. The molecule has 3 aromatic rings. The largest absolute Gasteiger partial charge is 0.350 e. The summed E-state index contributed by atoms with van der Waals surface area (Å²) in [5, 5.41) is 3.07. The highest BCUT2D eigenvalue weighted by Gasteiger charge is 2.16. The SMILES string of the molecule is Cc1c(C(=O)Nc2ccc(F)c(F)c2)[nH]c2ccc(F)cc12. The highest BCUT2D eigenvalue weighted by Crippen LogP contribution is 2.23. The number of carbonyl (C=O) groups excluding carboxylic acids is 1. The summed E-state index contributed by atoms with van der Waals surface area (Å²) in [5.41, 5.74) is 1.57. The van der Waals surface area contributed by atoms with Gasteiger partial charge in [-0.25, -0.2) is 13.2 Å². The molecule has 112 valence electrons. The normalized spacial score (nSPS) is 10.9. The molecule has 1 aromatic heterocycles. The quantitative estimate of drug-likeness (QED) is 0.734. The van der Waals surface area contributed by atoms with E-state index < -0.39 is 23.4 Å². The van der Waals surface area contributed by atoms with Crippen LogP contribution in [-0.4, -0.2) is 10.9 Å². The number of H-pyrrole nitrogens is 1. The van der Waals surface area contributed by atoms with Crippen LogP contribution in [0.4, 0.5) is 18.9 Å². The van der Waals surface area contributed by atoms with Crippen molar-refractivity contribution in [2.45, 2.75) is 6.92 Å². The number of rotatable bonds is 2. The van der Waals surface area contributed by atoms with Crippen molar-refractivity contribution in [2.24, 2.45) is 0 Å². The molecule has 0 aliphatic carbocycles. The summed E-state index contributed by atoms with van der Waals surface area (Å²) in [6, 6.07) is 7.23. The van der Waals surface area contributed by atoms with Crippen LogP contribution in [-0.2, 0) is 0 Å². The third-order valence-corrected chi connectivity index (χ3v) is 3.42. The van der Waals surface area contributed by atoms with Crippen LogP contribution in [0.15, 0.2) is 36.4 Å². The standard InChI is InChI=1S/C16H11F3N2O/c1-8-11-6-9(17)2-5-14(11)21-15(8)16(22)20-10-3-4-12(18)13(19)7-10/h2-7,21H,1H3,(H,20,22). The topological polar surface area (TPSA) is 44.9 Å². The Morgan fingerprint density at radius 2 is 1.82 bits per heavy atom. The number of carbonyl (C=O) groups is 1. The first-order chi connectivity index (χ1) is 10.5. The third-order valence-electron chi connectivity index (χ3n) is 3.42. The molecule has 22 heavy (non-hydrogen) atoms. The van der Waals surface area contributed by atoms with E-state index in [1.165, 1.54) is 24.3 Å². The van der Waals surface area contributed by atoms with E-state index >= 15 is 0 Å². The van der Waals surface area contributed by atoms with Crippen LogP contribution in [0.25, 0.3) is 10.9 Å². The molecule has 0 spiro atoms. The minimum Gasteiger partial charge on any atom is -0.350 e. The predicted octanol–water partition coefficient (Wildman–Crippen LogP) is 4.15. The maximum Gasteiger partial charge on any atom is 0.272 e. The minimum atomic E-state index is -1.05. The van der Waals surface area contributed by atoms with E-state index in [-0.39, 0.29) is 11.4 Å². The van der Waals surface area contributed by atoms with E-state index in [9.17, 15) is 18.0 Å². The van der Waals surface area contributed by atoms with Gasteiger partial charge in [0.2, 0.25) is 0 Å². The lowest BCUT2D eigenvalue weighted by Crippen LogP contribution is -2.13. The average Bonchev–Trinajstić information content (AvgIpc) is 2.80. The molecule has 0 unspecified atom stereocenters. The summed E-state index contributed by atoms with van der Waals surface area (Å²) >= 11 is 0. The van der Waals surface area contributed by atoms with E-state index in [1.807, 2.05) is 0 Å². The molecule has 0 radical (unpaired) electrons. The Morgan fingerprint density at radius 3 is 2.55 bits per heavy atom. The molecule has 0 atom stereocenters. The molecular weight excluding hydrogens is 293 g/mol. The van der Waals surface area contributed by atoms with Crippen molar-refractivity contribution >= 4 is 22.5 Å². The van der Waals surface area contributed by atoms with Crippen molar-refractivity contribution in [3.05, 3.63) is 65.1 Å². The Bertz CT molecular complexity index is 886. The van der Waals surface area contributed by atoms with Crippen LogP contribution >= 0.6 is 0 Å². The number of anilines is 1. The van der Waals surface area contributed by atoms with E-state index in [0.29, 0.717) is 16.5 Å². The van der Waals surface area contributed by atoms with Gasteiger partial charge in [-0.2, -0.15) is 0 Å². The Hall–Kier alpha value is -2.76. The van der Waals surface area contributed by atoms with Crippen LogP contribution in [0.5, 0.6) is 0 Å². The smallest absolute Gasteiger partial charge is 0.272 e. The molecule has 2 aromatic carbocycles. The van der Waals surface area contributed by atoms with Crippen LogP contribution in [0.1, 0.15) is 16.1 Å². The van der Waals surface area contributed by atoms with Crippen LogP contribution in [0, 0.1) is 24.4 Å². The first-order valence-electron chi connectivity index (χ1n) is 6.50. The predicted molar refractivity (Wildman–Crippen MR) is 77.3 cm³/mol. The summed E-state index contributed by atoms with van der Waals surface area (Å²) in [6.07, 6.45) is 0. The molecule has 6 heteroatoms. The van der Waals surface area contributed by atoms with Gasteiger partial charge in [0.15, 0.2) is 11.6 Å². The number of aromatic amines is 1. The molecule has 0 saturated carbocycles. The third kappa shape index (κ3) is 2.43. The van der Waals surface area contributed by atoms with Gasteiger partial charge in [-0.05, 0) is 42.8 Å². The molecule has 0 saturated heterocycles. The monoisotopic (exact) mass is 304 g/mol. The van der Waals surface area contributed by atoms with Crippen molar-refractivity contribution in [3.8, 4) is 0 Å². The summed E-state index contributed by atoms with van der Waals surface area (Å²) in [4.78, 5) is 15.1. The van der Waals surface area contributed by atoms with E-state index in [1.54, 1.807) is 6.92 Å². The summed E-state index contributed by atoms with van der Waals surface area (Å²) < 4.78 is 39.3. The summed E-state index contributed by atoms with van der Waals surface area (Å²) in [6.45, 7) is 1.68. The maximum atomic E-state index is 13.3. The molecule has 1 amide bonds. The van der Waals surface area contributed by atoms with E-state index in [0.717, 1.165) is 12.1 Å². The molecule has 3 nitrogen and oxygen atoms in total. The van der Waals surface area contributed by atoms with E-state index in [2.05, 4.69) is 10.3 Å². The van der Waals surface area contributed by atoms with Crippen LogP contribution < -0.4 is 5.32 Å². The van der Waals surface area contributed by atoms with Crippen molar-refractivity contribution < 1.29 is 18.0 Å². The molecular formula is C16H11F3N2O. The summed E-state index contributed by atoms with van der Waals surface area (Å²) in [7, 11) is 0. The van der Waals surface area contributed by atoms with Gasteiger partial charge in [-0.1, -0.05) is 0 Å². The van der Waals surface area contributed by atoms with Crippen molar-refractivity contribution in [3.63, 3.8) is 0 Å². The van der Waals surface area contributed by atoms with Crippen molar-refractivity contribution in [1.29, 1.82) is 0 Å². The molecule has 1 heterocycles. The highest BCUT2D eigenvalue weighted by molar-refractivity contribution is 6.07. The fourth-order valence-electron chi connectivity index (χ4n) is 2.29. The number of amides is 1. The Kier molecular flexibility index (Phi) is 3.36. The fraction of sp³-hybridized carbons (Fsp3) is 0.0625. The first-order valence-corrected chi connectivity index (χ1v) is 6.50. The summed E-state index contributed by atoms with van der Waals surface area (Å²) in [5.74, 6) is -2.95. The van der Waals surface area contributed by atoms with Crippen molar-refractivity contribution in [1.82, 2.24) is 4.98 Å². The fourth-order valence-corrected chi connectivity index (χ4v) is 2.29. The number of aromatic nitrogens is 1. The number of hydrogen-bond donors (Lipinski definition) is 2. The zero-order valence-electron chi connectivity index (χ0n) is 11.5. The molecule has 0 fully saturated rings.